The van der Waals surface area contributed by atoms with E-state index in [2.05, 4.69) is 5.32 Å². The molecule has 0 aliphatic carbocycles. The van der Waals surface area contributed by atoms with Crippen molar-refractivity contribution in [2.45, 2.75) is 6.92 Å². The first-order chi connectivity index (χ1) is 9.49. The lowest BCUT2D eigenvalue weighted by molar-refractivity contribution is -0.384. The smallest absolute Gasteiger partial charge is 0.270 e. The second-order valence-corrected chi connectivity index (χ2v) is 4.58. The third-order valence-corrected chi connectivity index (χ3v) is 3.26. The minimum absolute atomic E-state index is 0.131. The van der Waals surface area contributed by atoms with Crippen LogP contribution in [0.25, 0.3) is 0 Å². The number of nitrogens with zero attached hydrogens (tertiary/aromatic N) is 1. The molecule has 6 heteroatoms. The first-order valence-electron chi connectivity index (χ1n) is 5.80. The van der Waals surface area contributed by atoms with E-state index in [0.29, 0.717) is 10.7 Å². The van der Waals surface area contributed by atoms with E-state index in [0.717, 1.165) is 5.56 Å². The maximum atomic E-state index is 12.1. The topological polar surface area (TPSA) is 72.2 Å². The molecule has 20 heavy (non-hydrogen) atoms. The molecule has 2 aromatic carbocycles. The first-order valence-corrected chi connectivity index (χ1v) is 6.18. The molecule has 0 radical (unpaired) electrons. The predicted molar refractivity (Wildman–Crippen MR) is 77.2 cm³/mol. The molecular weight excluding hydrogens is 280 g/mol. The van der Waals surface area contributed by atoms with E-state index in [4.69, 9.17) is 11.6 Å². The number of non-ortho nitro benzene ring substituents is 1. The minimum atomic E-state index is -0.545. The van der Waals surface area contributed by atoms with Crippen LogP contribution in [-0.2, 0) is 0 Å². The van der Waals surface area contributed by atoms with Gasteiger partial charge in [0.05, 0.1) is 15.6 Å². The van der Waals surface area contributed by atoms with Crippen LogP contribution in [0.4, 0.5) is 11.4 Å². The Morgan fingerprint density at radius 1 is 1.25 bits per heavy atom. The highest BCUT2D eigenvalue weighted by atomic mass is 35.5. The summed E-state index contributed by atoms with van der Waals surface area (Å²) in [6.07, 6.45) is 0. The van der Waals surface area contributed by atoms with Gasteiger partial charge < -0.3 is 5.32 Å². The number of carbonyl (C=O) groups is 1. The molecule has 0 fully saturated rings. The van der Waals surface area contributed by atoms with Crippen molar-refractivity contribution in [1.82, 2.24) is 0 Å². The Hall–Kier alpha value is -2.40. The van der Waals surface area contributed by atoms with Crippen LogP contribution in [0.3, 0.4) is 0 Å². The van der Waals surface area contributed by atoms with Crippen molar-refractivity contribution in [2.24, 2.45) is 0 Å². The standard InChI is InChI=1S/C14H11ClN2O3/c1-9-4-2-7-12(13(9)15)16-14(18)10-5-3-6-11(8-10)17(19)20/h2-8H,1H3,(H,16,18). The molecule has 5 nitrogen and oxygen atoms in total. The average Bonchev–Trinajstić information content (AvgIpc) is 2.44. The third-order valence-electron chi connectivity index (χ3n) is 2.76. The van der Waals surface area contributed by atoms with Crippen molar-refractivity contribution in [3.8, 4) is 0 Å². The van der Waals surface area contributed by atoms with Gasteiger partial charge in [0, 0.05) is 17.7 Å². The van der Waals surface area contributed by atoms with Crippen LogP contribution < -0.4 is 5.32 Å². The number of nitro benzene ring substituents is 1. The van der Waals surface area contributed by atoms with Crippen molar-refractivity contribution < 1.29 is 9.72 Å². The third kappa shape index (κ3) is 2.95. The van der Waals surface area contributed by atoms with Crippen LogP contribution in [0.1, 0.15) is 15.9 Å². The number of nitrogens with one attached hydrogen (secondary N) is 1. The zero-order valence-electron chi connectivity index (χ0n) is 10.6. The van der Waals surface area contributed by atoms with E-state index in [1.165, 1.54) is 24.3 Å². The fourth-order valence-electron chi connectivity index (χ4n) is 1.70. The fourth-order valence-corrected chi connectivity index (χ4v) is 1.87. The van der Waals surface area contributed by atoms with E-state index in [1.807, 2.05) is 13.0 Å². The van der Waals surface area contributed by atoms with Crippen molar-refractivity contribution in [2.75, 3.05) is 5.32 Å². The zero-order valence-corrected chi connectivity index (χ0v) is 11.3. The zero-order chi connectivity index (χ0) is 14.7. The monoisotopic (exact) mass is 290 g/mol. The molecule has 1 amide bonds. The summed E-state index contributed by atoms with van der Waals surface area (Å²) in [6.45, 7) is 1.82. The van der Waals surface area contributed by atoms with E-state index in [-0.39, 0.29) is 11.3 Å². The molecule has 0 spiro atoms. The largest absolute Gasteiger partial charge is 0.321 e. The number of aryl methyl sites for hydroxylation is 1. The Morgan fingerprint density at radius 2 is 1.95 bits per heavy atom. The van der Waals surface area contributed by atoms with E-state index >= 15 is 0 Å². The van der Waals surface area contributed by atoms with Crippen LogP contribution in [0, 0.1) is 17.0 Å². The Kier molecular flexibility index (Phi) is 4.00. The molecule has 0 bridgehead atoms. The molecule has 0 unspecified atom stereocenters. The van der Waals surface area contributed by atoms with Crippen LogP contribution >= 0.6 is 11.6 Å². The van der Waals surface area contributed by atoms with Gasteiger partial charge in [-0.15, -0.1) is 0 Å². The summed E-state index contributed by atoms with van der Waals surface area (Å²) in [7, 11) is 0. The number of nitro groups is 1. The van der Waals surface area contributed by atoms with Crippen LogP contribution in [-0.4, -0.2) is 10.8 Å². The van der Waals surface area contributed by atoms with Gasteiger partial charge in [0.2, 0.25) is 0 Å². The highest BCUT2D eigenvalue weighted by Gasteiger charge is 2.13. The van der Waals surface area contributed by atoms with Crippen molar-refractivity contribution in [3.05, 3.63) is 68.7 Å². The number of rotatable bonds is 3. The maximum Gasteiger partial charge on any atom is 0.270 e. The summed E-state index contributed by atoms with van der Waals surface area (Å²) in [5.41, 5.74) is 1.39. The molecule has 0 saturated carbocycles. The summed E-state index contributed by atoms with van der Waals surface area (Å²) in [5.74, 6) is -0.443. The quantitative estimate of drug-likeness (QED) is 0.690. The minimum Gasteiger partial charge on any atom is -0.321 e. The normalized spacial score (nSPS) is 10.1. The lowest BCUT2D eigenvalue weighted by atomic mass is 10.1. The molecule has 0 saturated heterocycles. The van der Waals surface area contributed by atoms with Gasteiger partial charge in [-0.05, 0) is 24.6 Å². The van der Waals surface area contributed by atoms with Crippen LogP contribution in [0.15, 0.2) is 42.5 Å². The summed E-state index contributed by atoms with van der Waals surface area (Å²) in [4.78, 5) is 22.2. The number of amides is 1. The fraction of sp³-hybridized carbons (Fsp3) is 0.0714. The van der Waals surface area contributed by atoms with Gasteiger partial charge in [0.15, 0.2) is 0 Å². The summed E-state index contributed by atoms with van der Waals surface area (Å²) in [6, 6.07) is 10.8. The van der Waals surface area contributed by atoms with Gasteiger partial charge in [0.1, 0.15) is 0 Å². The van der Waals surface area contributed by atoms with Crippen molar-refractivity contribution in [3.63, 3.8) is 0 Å². The molecule has 0 aliphatic heterocycles. The van der Waals surface area contributed by atoms with Gasteiger partial charge in [-0.2, -0.15) is 0 Å². The van der Waals surface area contributed by atoms with Crippen LogP contribution in [0.5, 0.6) is 0 Å². The van der Waals surface area contributed by atoms with E-state index in [9.17, 15) is 14.9 Å². The second kappa shape index (κ2) is 5.71. The van der Waals surface area contributed by atoms with E-state index in [1.54, 1.807) is 12.1 Å². The van der Waals surface area contributed by atoms with Gasteiger partial charge in [-0.25, -0.2) is 0 Å². The summed E-state index contributed by atoms with van der Waals surface area (Å²) < 4.78 is 0. The van der Waals surface area contributed by atoms with Gasteiger partial charge in [-0.1, -0.05) is 29.8 Å². The molecule has 0 aromatic heterocycles. The first kappa shape index (κ1) is 14.0. The Bertz CT molecular complexity index is 686. The maximum absolute atomic E-state index is 12.1. The molecule has 2 rings (SSSR count). The molecule has 1 N–H and O–H groups in total. The molecule has 0 aliphatic rings. The number of carbonyl (C=O) groups excluding carboxylic acids is 1. The van der Waals surface area contributed by atoms with Crippen molar-refractivity contribution >= 4 is 28.9 Å². The Balaban J connectivity index is 2.26. The molecular formula is C14H11ClN2O3. The lowest BCUT2D eigenvalue weighted by Crippen LogP contribution is -2.12. The number of anilines is 1. The Morgan fingerprint density at radius 3 is 2.65 bits per heavy atom. The molecule has 0 atom stereocenters. The number of halogens is 1. The van der Waals surface area contributed by atoms with E-state index < -0.39 is 10.8 Å². The second-order valence-electron chi connectivity index (χ2n) is 4.20. The predicted octanol–water partition coefficient (Wildman–Crippen LogP) is 3.81. The lowest BCUT2D eigenvalue weighted by Gasteiger charge is -2.08. The molecule has 102 valence electrons. The molecule has 0 heterocycles. The molecule has 2 aromatic rings. The number of hydrogen-bond donors (Lipinski definition) is 1. The summed E-state index contributed by atoms with van der Waals surface area (Å²) >= 11 is 6.08. The van der Waals surface area contributed by atoms with Crippen molar-refractivity contribution in [1.29, 1.82) is 0 Å². The average molecular weight is 291 g/mol. The Labute approximate surface area is 120 Å². The number of benzene rings is 2. The highest BCUT2D eigenvalue weighted by Crippen LogP contribution is 2.25. The van der Waals surface area contributed by atoms with Gasteiger partial charge >= 0.3 is 0 Å². The highest BCUT2D eigenvalue weighted by molar-refractivity contribution is 6.34. The SMILES string of the molecule is Cc1cccc(NC(=O)c2cccc([N+](=O)[O-])c2)c1Cl. The van der Waals surface area contributed by atoms with Gasteiger partial charge in [0.25, 0.3) is 11.6 Å². The summed E-state index contributed by atoms with van der Waals surface area (Å²) in [5, 5.41) is 13.8. The van der Waals surface area contributed by atoms with Gasteiger partial charge in [-0.3, -0.25) is 14.9 Å². The number of hydrogen-bond acceptors (Lipinski definition) is 3. The van der Waals surface area contributed by atoms with Crippen LogP contribution in [0.2, 0.25) is 5.02 Å².